The van der Waals surface area contributed by atoms with Gasteiger partial charge in [0.15, 0.2) is 0 Å². The van der Waals surface area contributed by atoms with Crippen LogP contribution in [-0.2, 0) is 13.0 Å². The predicted molar refractivity (Wildman–Crippen MR) is 70.8 cm³/mol. The van der Waals surface area contributed by atoms with Crippen molar-refractivity contribution in [3.8, 4) is 5.75 Å². The molecule has 3 heteroatoms. The van der Waals surface area contributed by atoms with Gasteiger partial charge in [-0.05, 0) is 43.0 Å². The number of hydrogen-bond donors (Lipinski definition) is 2. The van der Waals surface area contributed by atoms with E-state index in [-0.39, 0.29) is 0 Å². The quantitative estimate of drug-likeness (QED) is 0.826. The fraction of sp³-hybridized carbons (Fsp3) is 0.600. The van der Waals surface area contributed by atoms with E-state index in [1.807, 2.05) is 0 Å². The van der Waals surface area contributed by atoms with Crippen LogP contribution in [0.25, 0.3) is 0 Å². The van der Waals surface area contributed by atoms with Crippen molar-refractivity contribution in [3.05, 3.63) is 29.3 Å². The first-order valence-electron chi connectivity index (χ1n) is 7.04. The van der Waals surface area contributed by atoms with Crippen LogP contribution in [0.15, 0.2) is 18.2 Å². The Kier molecular flexibility index (Phi) is 2.39. The number of nitrogens with one attached hydrogen (secondary N) is 2. The fourth-order valence-electron chi connectivity index (χ4n) is 3.54. The standard InChI is InChI=1S/C15H20N2O/c1-2-11-8-16-5-4-13(11)14(3-1)18-12-6-15(7-12)9-17-10-15/h1-3,12,16-17H,4-10H2. The lowest BCUT2D eigenvalue weighted by Crippen LogP contribution is -2.62. The van der Waals surface area contributed by atoms with Crippen molar-refractivity contribution in [2.24, 2.45) is 5.41 Å². The molecule has 0 unspecified atom stereocenters. The molecule has 3 aliphatic rings. The number of ether oxygens (including phenoxy) is 1. The molecular weight excluding hydrogens is 224 g/mol. The molecule has 2 aliphatic heterocycles. The lowest BCUT2D eigenvalue weighted by atomic mass is 9.63. The molecule has 1 saturated heterocycles. The largest absolute Gasteiger partial charge is 0.490 e. The number of benzene rings is 1. The molecule has 2 N–H and O–H groups in total. The predicted octanol–water partition coefficient (Wildman–Crippen LogP) is 1.46. The van der Waals surface area contributed by atoms with Crippen molar-refractivity contribution in [1.82, 2.24) is 10.6 Å². The Balaban J connectivity index is 1.48. The zero-order valence-corrected chi connectivity index (χ0v) is 10.7. The lowest BCUT2D eigenvalue weighted by molar-refractivity contribution is -0.0499. The highest BCUT2D eigenvalue weighted by Gasteiger charge is 2.49. The van der Waals surface area contributed by atoms with Crippen LogP contribution in [0.4, 0.5) is 0 Å². The molecule has 2 heterocycles. The number of fused-ring (bicyclic) bond motifs is 1. The van der Waals surface area contributed by atoms with Gasteiger partial charge in [-0.1, -0.05) is 12.1 Å². The molecule has 1 spiro atoms. The summed E-state index contributed by atoms with van der Waals surface area (Å²) in [6.07, 6.45) is 4.03. The van der Waals surface area contributed by atoms with Crippen LogP contribution >= 0.6 is 0 Å². The molecule has 0 atom stereocenters. The van der Waals surface area contributed by atoms with Gasteiger partial charge in [0, 0.05) is 25.0 Å². The van der Waals surface area contributed by atoms with E-state index in [0.717, 1.165) is 25.3 Å². The van der Waals surface area contributed by atoms with E-state index in [4.69, 9.17) is 4.74 Å². The van der Waals surface area contributed by atoms with Gasteiger partial charge in [0.2, 0.25) is 0 Å². The van der Waals surface area contributed by atoms with Crippen molar-refractivity contribution in [2.75, 3.05) is 19.6 Å². The Labute approximate surface area is 108 Å². The maximum Gasteiger partial charge on any atom is 0.123 e. The molecule has 1 saturated carbocycles. The molecule has 0 aromatic heterocycles. The number of hydrogen-bond acceptors (Lipinski definition) is 3. The molecule has 18 heavy (non-hydrogen) atoms. The highest BCUT2D eigenvalue weighted by Crippen LogP contribution is 2.46. The molecule has 3 nitrogen and oxygen atoms in total. The average molecular weight is 244 g/mol. The first kappa shape index (κ1) is 10.8. The van der Waals surface area contributed by atoms with Crippen molar-refractivity contribution in [3.63, 3.8) is 0 Å². The van der Waals surface area contributed by atoms with Gasteiger partial charge in [0.05, 0.1) is 6.10 Å². The summed E-state index contributed by atoms with van der Waals surface area (Å²) in [4.78, 5) is 0. The second kappa shape index (κ2) is 3.97. The minimum atomic E-state index is 0.452. The molecule has 1 aromatic rings. The maximum absolute atomic E-state index is 6.22. The average Bonchev–Trinajstić information content (AvgIpc) is 2.31. The van der Waals surface area contributed by atoms with E-state index in [1.54, 1.807) is 0 Å². The lowest BCUT2D eigenvalue weighted by Gasteiger charge is -2.53. The van der Waals surface area contributed by atoms with Crippen molar-refractivity contribution in [2.45, 2.75) is 31.9 Å². The molecule has 1 aromatic carbocycles. The third kappa shape index (κ3) is 1.65. The monoisotopic (exact) mass is 244 g/mol. The number of rotatable bonds is 2. The molecule has 0 bridgehead atoms. The fourth-order valence-corrected chi connectivity index (χ4v) is 3.54. The van der Waals surface area contributed by atoms with E-state index in [1.165, 1.54) is 37.1 Å². The zero-order chi connectivity index (χ0) is 12.0. The van der Waals surface area contributed by atoms with E-state index < -0.39 is 0 Å². The van der Waals surface area contributed by atoms with E-state index >= 15 is 0 Å². The minimum absolute atomic E-state index is 0.452. The molecule has 96 valence electrons. The molecule has 4 rings (SSSR count). The zero-order valence-electron chi connectivity index (χ0n) is 10.7. The highest BCUT2D eigenvalue weighted by molar-refractivity contribution is 5.42. The summed E-state index contributed by atoms with van der Waals surface area (Å²) in [5, 5.41) is 6.79. The van der Waals surface area contributed by atoms with E-state index in [0.29, 0.717) is 11.5 Å². The van der Waals surface area contributed by atoms with Crippen LogP contribution in [0.5, 0.6) is 5.75 Å². The first-order chi connectivity index (χ1) is 8.85. The van der Waals surface area contributed by atoms with Gasteiger partial charge < -0.3 is 15.4 Å². The van der Waals surface area contributed by atoms with E-state index in [9.17, 15) is 0 Å². The van der Waals surface area contributed by atoms with Gasteiger partial charge in [0.25, 0.3) is 0 Å². The van der Waals surface area contributed by atoms with Gasteiger partial charge in [-0.2, -0.15) is 0 Å². The summed E-state index contributed by atoms with van der Waals surface area (Å²) >= 11 is 0. The normalized spacial score (nSPS) is 25.1. The second-order valence-corrected chi connectivity index (χ2v) is 6.07. The topological polar surface area (TPSA) is 33.3 Å². The van der Waals surface area contributed by atoms with Crippen LogP contribution in [0.3, 0.4) is 0 Å². The van der Waals surface area contributed by atoms with Gasteiger partial charge in [-0.15, -0.1) is 0 Å². The molecule has 0 amide bonds. The van der Waals surface area contributed by atoms with Gasteiger partial charge in [-0.25, -0.2) is 0 Å². The SMILES string of the molecule is c1cc2c(c(OC3CC4(CNC4)C3)c1)CCNC2. The maximum atomic E-state index is 6.22. The van der Waals surface area contributed by atoms with E-state index in [2.05, 4.69) is 28.8 Å². The molecule has 2 fully saturated rings. The van der Waals surface area contributed by atoms with Crippen molar-refractivity contribution < 1.29 is 4.74 Å². The summed E-state index contributed by atoms with van der Waals surface area (Å²) in [6, 6.07) is 6.49. The Hall–Kier alpha value is -1.06. The summed E-state index contributed by atoms with van der Waals surface area (Å²) in [7, 11) is 0. The highest BCUT2D eigenvalue weighted by atomic mass is 16.5. The Morgan fingerprint density at radius 2 is 2.06 bits per heavy atom. The summed E-state index contributed by atoms with van der Waals surface area (Å²) in [6.45, 7) is 4.46. The van der Waals surface area contributed by atoms with Crippen LogP contribution in [-0.4, -0.2) is 25.7 Å². The summed E-state index contributed by atoms with van der Waals surface area (Å²) in [5.74, 6) is 1.14. The smallest absolute Gasteiger partial charge is 0.123 e. The Morgan fingerprint density at radius 3 is 2.83 bits per heavy atom. The van der Waals surface area contributed by atoms with Gasteiger partial charge in [-0.3, -0.25) is 0 Å². The Bertz CT molecular complexity index is 460. The summed E-state index contributed by atoms with van der Waals surface area (Å²) in [5.41, 5.74) is 3.45. The van der Waals surface area contributed by atoms with Crippen LogP contribution in [0.2, 0.25) is 0 Å². The van der Waals surface area contributed by atoms with Gasteiger partial charge in [0.1, 0.15) is 5.75 Å². The summed E-state index contributed by atoms with van der Waals surface area (Å²) < 4.78 is 6.22. The molecule has 0 radical (unpaired) electrons. The van der Waals surface area contributed by atoms with Crippen LogP contribution in [0.1, 0.15) is 24.0 Å². The molecule has 1 aliphatic carbocycles. The second-order valence-electron chi connectivity index (χ2n) is 6.07. The van der Waals surface area contributed by atoms with Crippen molar-refractivity contribution >= 4 is 0 Å². The Morgan fingerprint density at radius 1 is 1.17 bits per heavy atom. The third-order valence-corrected chi connectivity index (χ3v) is 4.71. The molecular formula is C15H20N2O. The van der Waals surface area contributed by atoms with Gasteiger partial charge >= 0.3 is 0 Å². The minimum Gasteiger partial charge on any atom is -0.490 e. The first-order valence-corrected chi connectivity index (χ1v) is 7.04. The van der Waals surface area contributed by atoms with Crippen LogP contribution < -0.4 is 15.4 Å². The van der Waals surface area contributed by atoms with Crippen molar-refractivity contribution in [1.29, 1.82) is 0 Å². The third-order valence-electron chi connectivity index (χ3n) is 4.71. The van der Waals surface area contributed by atoms with Crippen LogP contribution in [0, 0.1) is 5.41 Å².